The molecular formula is C14H20FN3O2. The lowest BCUT2D eigenvalue weighted by Gasteiger charge is -2.29. The first-order valence-corrected chi connectivity index (χ1v) is 6.88. The zero-order valence-corrected chi connectivity index (χ0v) is 11.6. The van der Waals surface area contributed by atoms with Gasteiger partial charge < -0.3 is 10.2 Å². The molecule has 110 valence electrons. The largest absolute Gasteiger partial charge is 0.312 e. The zero-order chi connectivity index (χ0) is 14.5. The zero-order valence-electron chi connectivity index (χ0n) is 11.6. The number of nitro benzene ring substituents is 1. The second kappa shape index (κ2) is 6.76. The molecule has 1 aliphatic heterocycles. The fourth-order valence-corrected chi connectivity index (χ4v) is 2.67. The van der Waals surface area contributed by atoms with Crippen molar-refractivity contribution in [3.63, 3.8) is 0 Å². The van der Waals surface area contributed by atoms with Crippen LogP contribution in [0, 0.1) is 21.8 Å². The predicted molar refractivity (Wildman–Crippen MR) is 75.0 cm³/mol. The number of nitrogens with one attached hydrogen (secondary N) is 1. The van der Waals surface area contributed by atoms with E-state index in [1.807, 2.05) is 0 Å². The molecule has 20 heavy (non-hydrogen) atoms. The molecule has 0 bridgehead atoms. The van der Waals surface area contributed by atoms with E-state index in [2.05, 4.69) is 17.3 Å². The molecule has 1 fully saturated rings. The lowest BCUT2D eigenvalue weighted by molar-refractivity contribution is -0.387. The van der Waals surface area contributed by atoms with E-state index in [1.165, 1.54) is 25.0 Å². The van der Waals surface area contributed by atoms with Gasteiger partial charge in [-0.3, -0.25) is 10.1 Å². The summed E-state index contributed by atoms with van der Waals surface area (Å²) >= 11 is 0. The van der Waals surface area contributed by atoms with E-state index >= 15 is 0 Å². The van der Waals surface area contributed by atoms with Crippen LogP contribution in [0.2, 0.25) is 0 Å². The van der Waals surface area contributed by atoms with Gasteiger partial charge in [-0.05, 0) is 50.5 Å². The van der Waals surface area contributed by atoms with E-state index in [4.69, 9.17) is 0 Å². The quantitative estimate of drug-likeness (QED) is 0.664. The summed E-state index contributed by atoms with van der Waals surface area (Å²) in [4.78, 5) is 12.1. The summed E-state index contributed by atoms with van der Waals surface area (Å²) in [5.41, 5.74) is 0.264. The van der Waals surface area contributed by atoms with Gasteiger partial charge in [0.15, 0.2) is 0 Å². The second-order valence-electron chi connectivity index (χ2n) is 5.44. The van der Waals surface area contributed by atoms with E-state index in [0.717, 1.165) is 25.2 Å². The molecule has 1 aromatic rings. The minimum absolute atomic E-state index is 0.470. The van der Waals surface area contributed by atoms with Crippen LogP contribution < -0.4 is 5.32 Å². The molecule has 0 saturated carbocycles. The van der Waals surface area contributed by atoms with Crippen LogP contribution in [-0.2, 0) is 6.54 Å². The summed E-state index contributed by atoms with van der Waals surface area (Å²) in [6.45, 7) is 3.67. The Balaban J connectivity index is 1.82. The van der Waals surface area contributed by atoms with Gasteiger partial charge in [-0.2, -0.15) is 4.39 Å². The van der Waals surface area contributed by atoms with Gasteiger partial charge in [0.25, 0.3) is 0 Å². The second-order valence-corrected chi connectivity index (χ2v) is 5.44. The van der Waals surface area contributed by atoms with Gasteiger partial charge in [-0.25, -0.2) is 0 Å². The van der Waals surface area contributed by atoms with Crippen molar-refractivity contribution < 1.29 is 9.31 Å². The smallest absolute Gasteiger partial charge is 0.304 e. The van der Waals surface area contributed by atoms with Gasteiger partial charge >= 0.3 is 5.69 Å². The SMILES string of the molecule is CN1CCCC(CNCc2ccc([N+](=O)[O-])c(F)c2)C1. The molecule has 1 saturated heterocycles. The first-order chi connectivity index (χ1) is 9.56. The Kier molecular flexibility index (Phi) is 5.03. The minimum atomic E-state index is -0.772. The van der Waals surface area contributed by atoms with Crippen LogP contribution in [-0.4, -0.2) is 36.5 Å². The van der Waals surface area contributed by atoms with Crippen LogP contribution in [0.4, 0.5) is 10.1 Å². The molecule has 1 atom stereocenters. The Bertz CT molecular complexity index is 481. The molecule has 1 heterocycles. The molecule has 0 spiro atoms. The average molecular weight is 281 g/mol. The molecule has 0 amide bonds. The van der Waals surface area contributed by atoms with Crippen LogP contribution in [0.15, 0.2) is 18.2 Å². The summed E-state index contributed by atoms with van der Waals surface area (Å²) in [5, 5.41) is 13.8. The Hall–Kier alpha value is -1.53. The third kappa shape index (κ3) is 3.98. The average Bonchev–Trinajstić information content (AvgIpc) is 2.38. The Morgan fingerprint density at radius 2 is 2.35 bits per heavy atom. The highest BCUT2D eigenvalue weighted by Gasteiger charge is 2.17. The highest BCUT2D eigenvalue weighted by atomic mass is 19.1. The van der Waals surface area contributed by atoms with E-state index in [9.17, 15) is 14.5 Å². The number of hydrogen-bond donors (Lipinski definition) is 1. The summed E-state index contributed by atoms with van der Waals surface area (Å²) in [5.74, 6) is -0.150. The summed E-state index contributed by atoms with van der Waals surface area (Å²) in [6.07, 6.45) is 2.43. The molecule has 0 aromatic heterocycles. The number of rotatable bonds is 5. The molecule has 0 radical (unpaired) electrons. The third-order valence-electron chi connectivity index (χ3n) is 3.69. The molecule has 1 N–H and O–H groups in total. The van der Waals surface area contributed by atoms with Crippen LogP contribution in [0.3, 0.4) is 0 Å². The molecule has 2 rings (SSSR count). The van der Waals surface area contributed by atoms with Crippen molar-refractivity contribution in [3.05, 3.63) is 39.7 Å². The van der Waals surface area contributed by atoms with E-state index < -0.39 is 16.4 Å². The van der Waals surface area contributed by atoms with Crippen molar-refractivity contribution in [1.82, 2.24) is 10.2 Å². The fourth-order valence-electron chi connectivity index (χ4n) is 2.67. The molecule has 5 nitrogen and oxygen atoms in total. The van der Waals surface area contributed by atoms with Crippen LogP contribution in [0.1, 0.15) is 18.4 Å². The highest BCUT2D eigenvalue weighted by molar-refractivity contribution is 5.34. The van der Waals surface area contributed by atoms with Crippen LogP contribution in [0.5, 0.6) is 0 Å². The number of piperidine rings is 1. The Morgan fingerprint density at radius 3 is 3.00 bits per heavy atom. The monoisotopic (exact) mass is 281 g/mol. The van der Waals surface area contributed by atoms with E-state index in [0.29, 0.717) is 12.5 Å². The third-order valence-corrected chi connectivity index (χ3v) is 3.69. The standard InChI is InChI=1S/C14H20FN3O2/c1-17-6-2-3-12(10-17)9-16-8-11-4-5-14(18(19)20)13(15)7-11/h4-5,7,12,16H,2-3,6,8-10H2,1H3. The molecule has 0 aliphatic carbocycles. The van der Waals surface area contributed by atoms with Gasteiger partial charge in [-0.15, -0.1) is 0 Å². The van der Waals surface area contributed by atoms with Crippen LogP contribution >= 0.6 is 0 Å². The number of hydrogen-bond acceptors (Lipinski definition) is 4. The maximum atomic E-state index is 13.5. The Labute approximate surface area is 117 Å². The molecule has 1 aromatic carbocycles. The normalized spacial score (nSPS) is 20.0. The summed E-state index contributed by atoms with van der Waals surface area (Å²) in [7, 11) is 2.12. The van der Waals surface area contributed by atoms with Crippen molar-refractivity contribution in [2.24, 2.45) is 5.92 Å². The number of likely N-dealkylation sites (tertiary alicyclic amines) is 1. The lowest BCUT2D eigenvalue weighted by Crippen LogP contribution is -2.37. The van der Waals surface area contributed by atoms with E-state index in [-0.39, 0.29) is 0 Å². The Morgan fingerprint density at radius 1 is 1.55 bits per heavy atom. The number of halogens is 1. The number of nitrogens with zero attached hydrogens (tertiary/aromatic N) is 2. The topological polar surface area (TPSA) is 58.4 Å². The number of nitro groups is 1. The van der Waals surface area contributed by atoms with E-state index in [1.54, 1.807) is 6.07 Å². The number of benzene rings is 1. The highest BCUT2D eigenvalue weighted by Crippen LogP contribution is 2.18. The van der Waals surface area contributed by atoms with Crippen molar-refractivity contribution >= 4 is 5.69 Å². The maximum Gasteiger partial charge on any atom is 0.304 e. The van der Waals surface area contributed by atoms with Crippen molar-refractivity contribution in [2.45, 2.75) is 19.4 Å². The first-order valence-electron chi connectivity index (χ1n) is 6.88. The molecule has 1 aliphatic rings. The maximum absolute atomic E-state index is 13.5. The van der Waals surface area contributed by atoms with Crippen molar-refractivity contribution in [2.75, 3.05) is 26.7 Å². The summed E-state index contributed by atoms with van der Waals surface area (Å²) < 4.78 is 13.5. The molecular weight excluding hydrogens is 261 g/mol. The minimum Gasteiger partial charge on any atom is -0.312 e. The first kappa shape index (κ1) is 14.9. The van der Waals surface area contributed by atoms with Crippen molar-refractivity contribution in [3.8, 4) is 0 Å². The van der Waals surface area contributed by atoms with Crippen LogP contribution in [0.25, 0.3) is 0 Å². The van der Waals surface area contributed by atoms with Gasteiger partial charge in [0.2, 0.25) is 5.82 Å². The van der Waals surface area contributed by atoms with Gasteiger partial charge in [0.05, 0.1) is 4.92 Å². The predicted octanol–water partition coefficient (Wildman–Crippen LogP) is 2.17. The summed E-state index contributed by atoms with van der Waals surface area (Å²) in [6, 6.07) is 4.06. The van der Waals surface area contributed by atoms with Gasteiger partial charge in [0.1, 0.15) is 0 Å². The lowest BCUT2D eigenvalue weighted by atomic mass is 9.98. The molecule has 6 heteroatoms. The van der Waals surface area contributed by atoms with Gasteiger partial charge in [-0.1, -0.05) is 6.07 Å². The van der Waals surface area contributed by atoms with Gasteiger partial charge in [0, 0.05) is 19.2 Å². The fraction of sp³-hybridized carbons (Fsp3) is 0.571. The van der Waals surface area contributed by atoms with Crippen molar-refractivity contribution in [1.29, 1.82) is 0 Å². The molecule has 1 unspecified atom stereocenters.